The second-order valence-corrected chi connectivity index (χ2v) is 11.5. The van der Waals surface area contributed by atoms with Gasteiger partial charge < -0.3 is 20.2 Å². The van der Waals surface area contributed by atoms with E-state index in [1.54, 1.807) is 20.8 Å². The number of Topliss-reactive ketones (excluding diaryl/α,β-unsaturated/α-hetero) is 1. The third kappa shape index (κ3) is 9.07. The average molecular weight is 608 g/mol. The van der Waals surface area contributed by atoms with Crippen LogP contribution in [0.2, 0.25) is 5.02 Å². The molecule has 14 heteroatoms. The molecular formula is C27H31ClF5N3O5. The Bertz CT molecular complexity index is 1240. The van der Waals surface area contributed by atoms with Gasteiger partial charge in [-0.25, -0.2) is 0 Å². The molecule has 2 atom stereocenters. The lowest BCUT2D eigenvalue weighted by Crippen LogP contribution is -2.48. The van der Waals surface area contributed by atoms with Crippen molar-refractivity contribution in [2.45, 2.75) is 59.7 Å². The van der Waals surface area contributed by atoms with Gasteiger partial charge >= 0.3 is 18.8 Å². The summed E-state index contributed by atoms with van der Waals surface area (Å²) in [5.41, 5.74) is -4.09. The third-order valence-corrected chi connectivity index (χ3v) is 6.62. The van der Waals surface area contributed by atoms with Gasteiger partial charge in [-0.3, -0.25) is 19.4 Å². The second-order valence-electron chi connectivity index (χ2n) is 11.1. The van der Waals surface area contributed by atoms with Crippen molar-refractivity contribution in [1.82, 2.24) is 4.90 Å². The van der Waals surface area contributed by atoms with Crippen LogP contribution in [-0.2, 0) is 9.59 Å². The number of hydrogen-bond donors (Lipinski definition) is 2. The molecular weight excluding hydrogens is 577 g/mol. The van der Waals surface area contributed by atoms with E-state index in [9.17, 15) is 41.4 Å². The molecule has 0 saturated carbocycles. The fraction of sp³-hybridized carbons (Fsp3) is 0.519. The van der Waals surface area contributed by atoms with E-state index in [-0.39, 0.29) is 42.7 Å². The second kappa shape index (κ2) is 13.1. The van der Waals surface area contributed by atoms with Gasteiger partial charge in [0.05, 0.1) is 22.5 Å². The van der Waals surface area contributed by atoms with E-state index in [1.165, 1.54) is 25.1 Å². The molecule has 0 heterocycles. The van der Waals surface area contributed by atoms with Crippen molar-refractivity contribution >= 4 is 41.2 Å². The normalized spacial score (nSPS) is 18.9. The van der Waals surface area contributed by atoms with Crippen molar-refractivity contribution in [1.29, 1.82) is 5.41 Å². The number of halogens is 6. The zero-order valence-electron chi connectivity index (χ0n) is 22.8. The minimum absolute atomic E-state index is 0.0114. The summed E-state index contributed by atoms with van der Waals surface area (Å²) < 4.78 is 72.8. The quantitative estimate of drug-likeness (QED) is 0.171. The van der Waals surface area contributed by atoms with Crippen molar-refractivity contribution < 1.29 is 46.2 Å². The van der Waals surface area contributed by atoms with Gasteiger partial charge in [0.1, 0.15) is 17.4 Å². The van der Waals surface area contributed by atoms with E-state index in [4.69, 9.17) is 17.0 Å². The van der Waals surface area contributed by atoms with Crippen LogP contribution < -0.4 is 4.74 Å². The van der Waals surface area contributed by atoms with Crippen LogP contribution in [0.5, 0.6) is 5.75 Å². The summed E-state index contributed by atoms with van der Waals surface area (Å²) in [6.45, 7) is 2.02. The van der Waals surface area contributed by atoms with Crippen LogP contribution in [0.4, 0.5) is 22.0 Å². The van der Waals surface area contributed by atoms with Gasteiger partial charge in [-0.2, -0.15) is 22.0 Å². The number of rotatable bonds is 11. The lowest BCUT2D eigenvalue weighted by atomic mass is 9.78. The monoisotopic (exact) mass is 607 g/mol. The predicted octanol–water partition coefficient (Wildman–Crippen LogP) is 6.43. The first-order valence-corrected chi connectivity index (χ1v) is 12.8. The summed E-state index contributed by atoms with van der Waals surface area (Å²) in [4.78, 5) is 42.7. The molecule has 1 amide bonds. The smallest absolute Gasteiger partial charge is 0.430 e. The van der Waals surface area contributed by atoms with E-state index >= 15 is 0 Å². The van der Waals surface area contributed by atoms with Gasteiger partial charge in [0.15, 0.2) is 5.78 Å². The van der Waals surface area contributed by atoms with Crippen LogP contribution in [0.15, 0.2) is 35.0 Å². The minimum Gasteiger partial charge on any atom is -0.481 e. The van der Waals surface area contributed by atoms with Crippen LogP contribution in [0, 0.1) is 22.2 Å². The fourth-order valence-electron chi connectivity index (χ4n) is 4.18. The molecule has 0 spiro atoms. The topological polar surface area (TPSA) is 120 Å². The van der Waals surface area contributed by atoms with E-state index in [1.807, 2.05) is 0 Å². The first-order valence-electron chi connectivity index (χ1n) is 12.4. The number of carbonyl (C=O) groups excluding carboxylic acids is 2. The number of carboxylic acid groups (broad SMARTS) is 1. The molecule has 1 aromatic carbocycles. The highest BCUT2D eigenvalue weighted by molar-refractivity contribution is 6.34. The Balaban J connectivity index is 2.51. The number of benzene rings is 1. The van der Waals surface area contributed by atoms with Crippen LogP contribution >= 0.6 is 11.6 Å². The van der Waals surface area contributed by atoms with Gasteiger partial charge in [-0.15, -0.1) is 0 Å². The number of nitrogens with zero attached hydrogens (tertiary/aromatic N) is 2. The van der Waals surface area contributed by atoms with E-state index in [0.717, 1.165) is 11.0 Å². The van der Waals surface area contributed by atoms with Crippen LogP contribution in [0.3, 0.4) is 0 Å². The molecule has 0 radical (unpaired) electrons. The lowest BCUT2D eigenvalue weighted by Gasteiger charge is -2.32. The number of carbonyl (C=O) groups is 3. The minimum atomic E-state index is -5.16. The molecule has 1 aliphatic carbocycles. The van der Waals surface area contributed by atoms with Gasteiger partial charge in [0.25, 0.3) is 0 Å². The molecule has 0 fully saturated rings. The molecule has 0 bridgehead atoms. The Hall–Kier alpha value is -3.35. The lowest BCUT2D eigenvalue weighted by molar-refractivity contribution is -0.148. The van der Waals surface area contributed by atoms with Crippen LogP contribution in [0.1, 0.15) is 57.3 Å². The molecule has 2 N–H and O–H groups in total. The maximum Gasteiger partial charge on any atom is 0.430 e. The highest BCUT2D eigenvalue weighted by Gasteiger charge is 2.45. The first kappa shape index (κ1) is 33.9. The summed E-state index contributed by atoms with van der Waals surface area (Å²) >= 11 is 6.06. The highest BCUT2D eigenvalue weighted by Crippen LogP contribution is 2.37. The van der Waals surface area contributed by atoms with E-state index in [0.29, 0.717) is 0 Å². The highest BCUT2D eigenvalue weighted by atomic mass is 35.5. The summed E-state index contributed by atoms with van der Waals surface area (Å²) in [5, 5.41) is 16.8. The number of ether oxygens (including phenoxy) is 1. The summed E-state index contributed by atoms with van der Waals surface area (Å²) in [6, 6.07) is 3.54. The number of aliphatic carboxylic acids is 1. The first-order chi connectivity index (χ1) is 18.8. The standard InChI is InChI=1S/C27H31ClF5N3O5/c1-25(2,3)14-36(13-18(37)20-17(28)6-5-7-19(20)41-24(29)30)22(38)16(12-34)21(27(31,32)33)35-15-8-10-26(4,11-9-15)23(39)40/h5-8,12,16,24,34H,9-11,13-14H2,1-4H3,(H,39,40). The number of carboxylic acids is 1. The molecule has 2 rings (SSSR count). The molecule has 0 aliphatic heterocycles. The zero-order valence-corrected chi connectivity index (χ0v) is 23.6. The van der Waals surface area contributed by atoms with E-state index in [2.05, 4.69) is 9.73 Å². The molecule has 8 nitrogen and oxygen atoms in total. The number of alkyl halides is 5. The maximum absolute atomic E-state index is 14.2. The van der Waals surface area contributed by atoms with Crippen LogP contribution in [-0.4, -0.2) is 65.5 Å². The maximum atomic E-state index is 14.2. The van der Waals surface area contributed by atoms with Gasteiger partial charge in [-0.05, 0) is 43.7 Å². The van der Waals surface area contributed by atoms with Crippen molar-refractivity contribution in [3.63, 3.8) is 0 Å². The summed E-state index contributed by atoms with van der Waals surface area (Å²) in [5.74, 6) is -6.17. The Morgan fingerprint density at radius 1 is 1.24 bits per heavy atom. The van der Waals surface area contributed by atoms with Crippen molar-refractivity contribution in [2.75, 3.05) is 13.1 Å². The van der Waals surface area contributed by atoms with Crippen LogP contribution in [0.25, 0.3) is 0 Å². The Morgan fingerprint density at radius 3 is 2.34 bits per heavy atom. The molecule has 0 aromatic heterocycles. The zero-order chi connectivity index (χ0) is 31.3. The number of hydrogen-bond acceptors (Lipinski definition) is 6. The fourth-order valence-corrected chi connectivity index (χ4v) is 4.45. The Morgan fingerprint density at radius 2 is 1.88 bits per heavy atom. The summed E-state index contributed by atoms with van der Waals surface area (Å²) in [7, 11) is 0. The SMILES string of the molecule is CC(C)(C)CN(CC(=O)c1c(Cl)cccc1OC(F)F)C(=O)C(C=N)C(=NC1=CCC(C)(C(=O)O)CC1)C(F)(F)F. The Kier molecular flexibility index (Phi) is 10.8. The number of aliphatic imine (C=N–C) groups is 1. The predicted molar refractivity (Wildman–Crippen MR) is 142 cm³/mol. The summed E-state index contributed by atoms with van der Waals surface area (Å²) in [6.07, 6.45) is -3.82. The van der Waals surface area contributed by atoms with Crippen molar-refractivity contribution in [2.24, 2.45) is 21.7 Å². The third-order valence-electron chi connectivity index (χ3n) is 6.30. The molecule has 2 unspecified atom stereocenters. The van der Waals surface area contributed by atoms with Gasteiger partial charge in [0, 0.05) is 18.5 Å². The van der Waals surface area contributed by atoms with Crippen molar-refractivity contribution in [3.8, 4) is 5.75 Å². The number of allylic oxidation sites excluding steroid dienone is 2. The average Bonchev–Trinajstić information content (AvgIpc) is 2.82. The molecule has 226 valence electrons. The van der Waals surface area contributed by atoms with Crippen molar-refractivity contribution in [3.05, 3.63) is 40.6 Å². The molecule has 0 saturated heterocycles. The molecule has 41 heavy (non-hydrogen) atoms. The number of amides is 1. The largest absolute Gasteiger partial charge is 0.481 e. The van der Waals surface area contributed by atoms with E-state index < -0.39 is 70.8 Å². The molecule has 1 aliphatic rings. The molecule has 1 aromatic rings. The number of ketones is 1. The number of nitrogens with one attached hydrogen (secondary N) is 1. The van der Waals surface area contributed by atoms with Gasteiger partial charge in [0.2, 0.25) is 5.91 Å². The Labute approximate surface area is 238 Å². The van der Waals surface area contributed by atoms with Gasteiger partial charge in [-0.1, -0.05) is 44.5 Å².